The van der Waals surface area contributed by atoms with Gasteiger partial charge in [0.1, 0.15) is 5.76 Å². The third-order valence-corrected chi connectivity index (χ3v) is 7.98. The van der Waals surface area contributed by atoms with Gasteiger partial charge in [0.15, 0.2) is 5.13 Å². The summed E-state index contributed by atoms with van der Waals surface area (Å²) in [6.07, 6.45) is 5.91. The van der Waals surface area contributed by atoms with Crippen LogP contribution >= 0.6 is 23.1 Å². The Hall–Kier alpha value is -2.69. The molecule has 1 fully saturated rings. The second-order valence-corrected chi connectivity index (χ2v) is 11.9. The Morgan fingerprint density at radius 1 is 1.20 bits per heavy atom. The van der Waals surface area contributed by atoms with Crippen LogP contribution in [0.1, 0.15) is 50.8 Å². The molecule has 8 nitrogen and oxygen atoms in total. The molecule has 2 aromatic heterocycles. The molecule has 1 aliphatic heterocycles. The lowest BCUT2D eigenvalue weighted by Gasteiger charge is -2.31. The minimum atomic E-state index is -0.0605. The molecule has 3 aromatic rings. The van der Waals surface area contributed by atoms with Gasteiger partial charge in [-0.2, -0.15) is 0 Å². The number of carbonyl (C=O) groups is 2. The van der Waals surface area contributed by atoms with E-state index in [-0.39, 0.29) is 17.2 Å². The molecule has 1 aromatic carbocycles. The first-order valence-electron chi connectivity index (χ1n) is 11.7. The van der Waals surface area contributed by atoms with Crippen LogP contribution in [0.3, 0.4) is 0 Å². The number of thioether (sulfide) groups is 1. The fourth-order valence-electron chi connectivity index (χ4n) is 3.83. The summed E-state index contributed by atoms with van der Waals surface area (Å²) >= 11 is 3.08. The van der Waals surface area contributed by atoms with E-state index in [1.807, 2.05) is 24.3 Å². The van der Waals surface area contributed by atoms with Crippen molar-refractivity contribution in [2.75, 3.05) is 23.7 Å². The van der Waals surface area contributed by atoms with E-state index in [1.165, 1.54) is 16.9 Å². The van der Waals surface area contributed by atoms with Crippen LogP contribution in [-0.4, -0.2) is 40.3 Å². The van der Waals surface area contributed by atoms with Gasteiger partial charge in [0, 0.05) is 23.6 Å². The average molecular weight is 514 g/mol. The summed E-state index contributed by atoms with van der Waals surface area (Å²) < 4.78 is 6.86. The number of oxazole rings is 1. The van der Waals surface area contributed by atoms with Gasteiger partial charge in [-0.1, -0.05) is 44.2 Å². The molecule has 0 unspecified atom stereocenters. The Bertz CT molecular complexity index is 1130. The predicted molar refractivity (Wildman–Crippen MR) is 140 cm³/mol. The monoisotopic (exact) mass is 513 g/mol. The lowest BCUT2D eigenvalue weighted by atomic mass is 9.94. The van der Waals surface area contributed by atoms with Crippen molar-refractivity contribution in [3.63, 3.8) is 0 Å². The number of amides is 2. The molecule has 0 atom stereocenters. The van der Waals surface area contributed by atoms with Crippen LogP contribution in [0.15, 0.2) is 45.3 Å². The van der Waals surface area contributed by atoms with Crippen LogP contribution in [0.25, 0.3) is 0 Å². The van der Waals surface area contributed by atoms with Gasteiger partial charge in [-0.15, -0.1) is 11.8 Å². The molecule has 0 spiro atoms. The maximum absolute atomic E-state index is 12.8. The van der Waals surface area contributed by atoms with Crippen molar-refractivity contribution >= 4 is 46.2 Å². The van der Waals surface area contributed by atoms with E-state index < -0.39 is 0 Å². The van der Waals surface area contributed by atoms with Crippen LogP contribution in [0.2, 0.25) is 0 Å². The maximum atomic E-state index is 12.8. The number of piperidine rings is 1. The van der Waals surface area contributed by atoms with Crippen molar-refractivity contribution in [3.05, 3.63) is 53.9 Å². The van der Waals surface area contributed by atoms with Crippen LogP contribution in [0.4, 0.5) is 10.8 Å². The lowest BCUT2D eigenvalue weighted by molar-refractivity contribution is -0.121. The highest BCUT2D eigenvalue weighted by atomic mass is 32.2. The number of carbonyl (C=O) groups excluding carboxylic acids is 2. The second kappa shape index (κ2) is 11.4. The Balaban J connectivity index is 1.20. The number of anilines is 2. The molecule has 2 N–H and O–H groups in total. The molecular formula is C25H31N5O3S2. The number of nitrogens with one attached hydrogen (secondary N) is 2. The van der Waals surface area contributed by atoms with E-state index in [0.717, 1.165) is 48.1 Å². The second-order valence-electron chi connectivity index (χ2n) is 9.64. The number of likely N-dealkylation sites (tertiary alicyclic amines) is 1. The summed E-state index contributed by atoms with van der Waals surface area (Å²) in [7, 11) is 0. The summed E-state index contributed by atoms with van der Waals surface area (Å²) in [6, 6.07) is 7.85. The topological polar surface area (TPSA) is 100 Å². The first kappa shape index (κ1) is 25.4. The van der Waals surface area contributed by atoms with Crippen molar-refractivity contribution in [1.29, 1.82) is 0 Å². The number of nitrogens with zero attached hydrogens (tertiary/aromatic N) is 3. The van der Waals surface area contributed by atoms with E-state index >= 15 is 0 Å². The van der Waals surface area contributed by atoms with Crippen molar-refractivity contribution in [2.45, 2.75) is 55.5 Å². The molecule has 186 valence electrons. The first-order chi connectivity index (χ1) is 16.8. The van der Waals surface area contributed by atoms with Gasteiger partial charge >= 0.3 is 0 Å². The number of hydrogen-bond acceptors (Lipinski definition) is 8. The summed E-state index contributed by atoms with van der Waals surface area (Å²) in [6.45, 7) is 8.88. The lowest BCUT2D eigenvalue weighted by Crippen LogP contribution is -2.37. The van der Waals surface area contributed by atoms with Crippen molar-refractivity contribution in [3.8, 4) is 0 Å². The third-order valence-electron chi connectivity index (χ3n) is 5.89. The summed E-state index contributed by atoms with van der Waals surface area (Å²) in [4.78, 5) is 34.4. The fraction of sp³-hybridized carbons (Fsp3) is 0.440. The van der Waals surface area contributed by atoms with Crippen LogP contribution < -0.4 is 10.6 Å². The summed E-state index contributed by atoms with van der Waals surface area (Å²) in [5, 5.41) is 6.28. The highest BCUT2D eigenvalue weighted by Gasteiger charge is 2.26. The van der Waals surface area contributed by atoms with Crippen LogP contribution in [-0.2, 0) is 27.3 Å². The highest BCUT2D eigenvalue weighted by molar-refractivity contribution is 8.00. The zero-order valence-electron chi connectivity index (χ0n) is 20.2. The van der Waals surface area contributed by atoms with Gasteiger partial charge in [0.25, 0.3) is 0 Å². The van der Waals surface area contributed by atoms with Gasteiger partial charge in [0.2, 0.25) is 18.2 Å². The van der Waals surface area contributed by atoms with Gasteiger partial charge in [-0.05, 0) is 43.6 Å². The Labute approximate surface area is 213 Å². The van der Waals surface area contributed by atoms with Crippen LogP contribution in [0.5, 0.6) is 0 Å². The van der Waals surface area contributed by atoms with Crippen molar-refractivity contribution in [2.24, 2.45) is 5.92 Å². The smallest absolute Gasteiger partial charge is 0.229 e. The fourth-order valence-corrected chi connectivity index (χ4v) is 5.56. The van der Waals surface area contributed by atoms with Crippen molar-refractivity contribution < 1.29 is 14.0 Å². The van der Waals surface area contributed by atoms with Crippen LogP contribution in [0, 0.1) is 5.92 Å². The van der Waals surface area contributed by atoms with E-state index in [4.69, 9.17) is 4.42 Å². The Morgan fingerprint density at radius 2 is 1.94 bits per heavy atom. The molecule has 0 bridgehead atoms. The van der Waals surface area contributed by atoms with E-state index in [2.05, 4.69) is 46.3 Å². The quantitative estimate of drug-likeness (QED) is 0.302. The predicted octanol–water partition coefficient (Wildman–Crippen LogP) is 5.14. The molecule has 4 rings (SSSR count). The van der Waals surface area contributed by atoms with Crippen molar-refractivity contribution in [1.82, 2.24) is 14.9 Å². The number of thiazole rings is 1. The zero-order chi connectivity index (χ0) is 24.8. The molecule has 35 heavy (non-hydrogen) atoms. The number of rotatable bonds is 9. The normalized spacial score (nSPS) is 15.2. The minimum absolute atomic E-state index is 0.00596. The van der Waals surface area contributed by atoms with E-state index in [1.54, 1.807) is 24.2 Å². The first-order valence-corrected chi connectivity index (χ1v) is 13.5. The minimum Gasteiger partial charge on any atom is -0.444 e. The molecule has 10 heteroatoms. The number of hydrogen-bond donors (Lipinski definition) is 2. The highest BCUT2D eigenvalue weighted by Crippen LogP contribution is 2.32. The molecule has 1 saturated heterocycles. The zero-order valence-corrected chi connectivity index (χ0v) is 21.9. The largest absolute Gasteiger partial charge is 0.444 e. The van der Waals surface area contributed by atoms with Gasteiger partial charge < -0.3 is 15.1 Å². The molecule has 2 amide bonds. The molecular weight excluding hydrogens is 482 g/mol. The van der Waals surface area contributed by atoms with Gasteiger partial charge in [0.05, 0.1) is 22.4 Å². The Morgan fingerprint density at radius 3 is 2.60 bits per heavy atom. The number of benzene rings is 1. The molecule has 0 aliphatic carbocycles. The molecule has 0 radical (unpaired) electrons. The number of aromatic nitrogens is 2. The van der Waals surface area contributed by atoms with Gasteiger partial charge in [-0.3, -0.25) is 14.5 Å². The average Bonchev–Trinajstić information content (AvgIpc) is 3.49. The van der Waals surface area contributed by atoms with E-state index in [0.29, 0.717) is 23.2 Å². The van der Waals surface area contributed by atoms with Gasteiger partial charge in [-0.25, -0.2) is 9.97 Å². The standard InChI is InChI=1S/C25H31N5O3S2/c1-25(2,3)20-12-26-21(33-20)15-34-22-13-27-24(35-22)29-23(32)18-8-10-30(11-9-18)14-17-4-6-19(7-5-17)28-16-31/h4-7,12-13,16,18H,8-11,14-15H2,1-3H3,(H,28,31)(H,27,29,32). The molecule has 3 heterocycles. The summed E-state index contributed by atoms with van der Waals surface area (Å²) in [5.74, 6) is 2.23. The summed E-state index contributed by atoms with van der Waals surface area (Å²) in [5.41, 5.74) is 1.92. The maximum Gasteiger partial charge on any atom is 0.229 e. The van der Waals surface area contributed by atoms with E-state index in [9.17, 15) is 9.59 Å². The molecule has 0 saturated carbocycles. The Kier molecular flexibility index (Phi) is 8.25. The molecule has 1 aliphatic rings. The third kappa shape index (κ3) is 7.16. The SMILES string of the molecule is CC(C)(C)c1cnc(CSc2cnc(NC(=O)C3CCN(Cc4ccc(NC=O)cc4)CC3)s2)o1.